The fourth-order valence-electron chi connectivity index (χ4n) is 3.92. The van der Waals surface area contributed by atoms with Crippen molar-refractivity contribution in [1.29, 1.82) is 0 Å². The number of benzene rings is 1. The van der Waals surface area contributed by atoms with Gasteiger partial charge >= 0.3 is 12.0 Å². The SMILES string of the molecule is CCOC(=O)CCNC(=O)N1CCN(c2nc3cccnc3n(Cc3ccccc3)c2=O)CC1. The number of ether oxygens (including phenoxy) is 1. The number of carbonyl (C=O) groups excluding carboxylic acids is 2. The third kappa shape index (κ3) is 5.33. The number of esters is 1. The van der Waals surface area contributed by atoms with Crippen LogP contribution < -0.4 is 15.8 Å². The second-order valence-electron chi connectivity index (χ2n) is 7.92. The van der Waals surface area contributed by atoms with Crippen LogP contribution in [0.1, 0.15) is 18.9 Å². The fourth-order valence-corrected chi connectivity index (χ4v) is 3.92. The molecule has 1 saturated heterocycles. The highest BCUT2D eigenvalue weighted by Gasteiger charge is 2.25. The average molecular weight is 465 g/mol. The predicted molar refractivity (Wildman–Crippen MR) is 128 cm³/mol. The van der Waals surface area contributed by atoms with Gasteiger partial charge in [0, 0.05) is 38.9 Å². The summed E-state index contributed by atoms with van der Waals surface area (Å²) in [6.45, 7) is 4.52. The van der Waals surface area contributed by atoms with Crippen molar-refractivity contribution < 1.29 is 14.3 Å². The molecule has 0 aliphatic carbocycles. The highest BCUT2D eigenvalue weighted by Crippen LogP contribution is 2.16. The van der Waals surface area contributed by atoms with Crippen LogP contribution >= 0.6 is 0 Å². The molecule has 178 valence electrons. The van der Waals surface area contributed by atoms with Gasteiger partial charge in [-0.15, -0.1) is 0 Å². The van der Waals surface area contributed by atoms with Gasteiger partial charge in [0.2, 0.25) is 0 Å². The molecule has 2 amide bonds. The van der Waals surface area contributed by atoms with E-state index in [4.69, 9.17) is 4.74 Å². The molecule has 2 aromatic heterocycles. The predicted octanol–water partition coefficient (Wildman–Crippen LogP) is 1.62. The van der Waals surface area contributed by atoms with Crippen LogP contribution in [0.3, 0.4) is 0 Å². The van der Waals surface area contributed by atoms with Gasteiger partial charge in [-0.1, -0.05) is 30.3 Å². The number of carbonyl (C=O) groups is 2. The number of amides is 2. The number of nitrogens with one attached hydrogen (secondary N) is 1. The van der Waals surface area contributed by atoms with Crippen molar-refractivity contribution in [3.05, 3.63) is 64.6 Å². The number of hydrogen-bond donors (Lipinski definition) is 1. The largest absolute Gasteiger partial charge is 0.466 e. The molecule has 0 spiro atoms. The summed E-state index contributed by atoms with van der Waals surface area (Å²) in [5.41, 5.74) is 1.98. The van der Waals surface area contributed by atoms with E-state index < -0.39 is 0 Å². The normalized spacial score (nSPS) is 13.7. The highest BCUT2D eigenvalue weighted by molar-refractivity contribution is 5.76. The fraction of sp³-hybridized carbons (Fsp3) is 0.375. The molecule has 3 heterocycles. The zero-order valence-electron chi connectivity index (χ0n) is 19.1. The van der Waals surface area contributed by atoms with Crippen LogP contribution in [0.25, 0.3) is 11.2 Å². The van der Waals surface area contributed by atoms with Gasteiger partial charge in [0.1, 0.15) is 5.52 Å². The lowest BCUT2D eigenvalue weighted by Crippen LogP contribution is -2.53. The third-order valence-corrected chi connectivity index (χ3v) is 5.65. The summed E-state index contributed by atoms with van der Waals surface area (Å²) in [5, 5.41) is 2.75. The molecular formula is C24H28N6O4. The van der Waals surface area contributed by atoms with Crippen molar-refractivity contribution in [1.82, 2.24) is 24.8 Å². The molecule has 10 heteroatoms. The molecule has 1 aliphatic rings. The molecule has 10 nitrogen and oxygen atoms in total. The molecule has 0 atom stereocenters. The monoisotopic (exact) mass is 464 g/mol. The smallest absolute Gasteiger partial charge is 0.317 e. The number of aromatic nitrogens is 3. The Bertz CT molecular complexity index is 1210. The maximum absolute atomic E-state index is 13.4. The molecule has 0 bridgehead atoms. The Morgan fingerprint density at radius 1 is 1.06 bits per heavy atom. The molecule has 4 rings (SSSR count). The number of hydrogen-bond acceptors (Lipinski definition) is 7. The minimum atomic E-state index is -0.337. The number of fused-ring (bicyclic) bond motifs is 1. The summed E-state index contributed by atoms with van der Waals surface area (Å²) in [5.74, 6) is 0.0232. The molecule has 0 radical (unpaired) electrons. The molecule has 3 aromatic rings. The summed E-state index contributed by atoms with van der Waals surface area (Å²) in [4.78, 5) is 49.9. The molecule has 1 aliphatic heterocycles. The van der Waals surface area contributed by atoms with Crippen LogP contribution in [0.2, 0.25) is 0 Å². The van der Waals surface area contributed by atoms with Crippen LogP contribution in [0.4, 0.5) is 10.6 Å². The van der Waals surface area contributed by atoms with Crippen LogP contribution in [0.5, 0.6) is 0 Å². The first-order valence-electron chi connectivity index (χ1n) is 11.4. The second kappa shape index (κ2) is 10.8. The first-order valence-corrected chi connectivity index (χ1v) is 11.4. The van der Waals surface area contributed by atoms with E-state index in [1.807, 2.05) is 41.3 Å². The molecule has 1 fully saturated rings. The van der Waals surface area contributed by atoms with E-state index in [9.17, 15) is 14.4 Å². The molecule has 0 saturated carbocycles. The van der Waals surface area contributed by atoms with Crippen LogP contribution in [-0.4, -0.2) is 70.8 Å². The van der Waals surface area contributed by atoms with Crippen LogP contribution in [0.15, 0.2) is 53.5 Å². The van der Waals surface area contributed by atoms with Crippen molar-refractivity contribution in [3.8, 4) is 0 Å². The van der Waals surface area contributed by atoms with E-state index in [1.54, 1.807) is 28.7 Å². The first-order chi connectivity index (χ1) is 16.6. The molecule has 0 unspecified atom stereocenters. The van der Waals surface area contributed by atoms with Crippen molar-refractivity contribution in [2.24, 2.45) is 0 Å². The Kier molecular flexibility index (Phi) is 7.36. The van der Waals surface area contributed by atoms with Crippen molar-refractivity contribution >= 4 is 29.0 Å². The maximum Gasteiger partial charge on any atom is 0.317 e. The number of pyridine rings is 1. The quantitative estimate of drug-likeness (QED) is 0.529. The molecule has 1 aromatic carbocycles. The Labute approximate surface area is 197 Å². The van der Waals surface area contributed by atoms with Gasteiger partial charge in [0.15, 0.2) is 11.5 Å². The molecule has 1 N–H and O–H groups in total. The van der Waals surface area contributed by atoms with E-state index >= 15 is 0 Å². The van der Waals surface area contributed by atoms with Crippen LogP contribution in [0, 0.1) is 0 Å². The Balaban J connectivity index is 1.46. The lowest BCUT2D eigenvalue weighted by molar-refractivity contribution is -0.142. The summed E-state index contributed by atoms with van der Waals surface area (Å²) in [6, 6.07) is 13.2. The Morgan fingerprint density at radius 2 is 1.82 bits per heavy atom. The molecule has 34 heavy (non-hydrogen) atoms. The number of rotatable bonds is 7. The average Bonchev–Trinajstić information content (AvgIpc) is 2.86. The summed E-state index contributed by atoms with van der Waals surface area (Å²) in [6.07, 6.45) is 1.79. The van der Waals surface area contributed by atoms with Gasteiger partial charge in [0.05, 0.1) is 19.6 Å². The Hall–Kier alpha value is -3.95. The van der Waals surface area contributed by atoms with Gasteiger partial charge in [-0.3, -0.25) is 14.2 Å². The summed E-state index contributed by atoms with van der Waals surface area (Å²) in [7, 11) is 0. The van der Waals surface area contributed by atoms with Gasteiger partial charge < -0.3 is 19.9 Å². The second-order valence-corrected chi connectivity index (χ2v) is 7.92. The van der Waals surface area contributed by atoms with E-state index in [0.717, 1.165) is 5.56 Å². The molecular weight excluding hydrogens is 436 g/mol. The zero-order chi connectivity index (χ0) is 23.9. The first kappa shape index (κ1) is 23.2. The number of piperazine rings is 1. The lowest BCUT2D eigenvalue weighted by atomic mass is 10.2. The topological polar surface area (TPSA) is 110 Å². The zero-order valence-corrected chi connectivity index (χ0v) is 19.1. The Morgan fingerprint density at radius 3 is 2.56 bits per heavy atom. The van der Waals surface area contributed by atoms with Gasteiger partial charge in [-0.05, 0) is 24.6 Å². The van der Waals surface area contributed by atoms with E-state index in [-0.39, 0.29) is 30.5 Å². The van der Waals surface area contributed by atoms with Crippen molar-refractivity contribution in [3.63, 3.8) is 0 Å². The van der Waals surface area contributed by atoms with Crippen LogP contribution in [-0.2, 0) is 16.1 Å². The maximum atomic E-state index is 13.4. The highest BCUT2D eigenvalue weighted by atomic mass is 16.5. The summed E-state index contributed by atoms with van der Waals surface area (Å²) < 4.78 is 6.52. The van der Waals surface area contributed by atoms with E-state index in [0.29, 0.717) is 56.3 Å². The van der Waals surface area contributed by atoms with Gasteiger partial charge in [0.25, 0.3) is 5.56 Å². The standard InChI is InChI=1S/C24H28N6O4/c1-2-34-20(31)10-12-26-24(33)29-15-13-28(14-16-29)22-23(32)30(17-18-7-4-3-5-8-18)21-19(27-22)9-6-11-25-21/h3-9,11H,2,10,12-17H2,1H3,(H,26,33). The number of anilines is 1. The lowest BCUT2D eigenvalue weighted by Gasteiger charge is -2.35. The summed E-state index contributed by atoms with van der Waals surface area (Å²) >= 11 is 0. The minimum absolute atomic E-state index is 0.134. The van der Waals surface area contributed by atoms with E-state index in [1.165, 1.54) is 0 Å². The number of nitrogens with zero attached hydrogens (tertiary/aromatic N) is 5. The van der Waals surface area contributed by atoms with E-state index in [2.05, 4.69) is 15.3 Å². The van der Waals surface area contributed by atoms with Crippen molar-refractivity contribution in [2.75, 3.05) is 44.2 Å². The third-order valence-electron chi connectivity index (χ3n) is 5.65. The van der Waals surface area contributed by atoms with Gasteiger partial charge in [-0.2, -0.15) is 0 Å². The van der Waals surface area contributed by atoms with Gasteiger partial charge in [-0.25, -0.2) is 14.8 Å². The number of urea groups is 1. The van der Waals surface area contributed by atoms with Crippen molar-refractivity contribution in [2.45, 2.75) is 19.9 Å². The minimum Gasteiger partial charge on any atom is -0.466 e.